The second-order valence-corrected chi connectivity index (χ2v) is 13.6. The van der Waals surface area contributed by atoms with Gasteiger partial charge in [0.1, 0.15) is 11.2 Å². The van der Waals surface area contributed by atoms with Crippen LogP contribution >= 0.6 is 0 Å². The zero-order valence-corrected chi connectivity index (χ0v) is 26.5. The number of carbonyl (C=O) groups is 1. The van der Waals surface area contributed by atoms with Crippen molar-refractivity contribution in [2.75, 3.05) is 49.0 Å². The van der Waals surface area contributed by atoms with Gasteiger partial charge in [0.25, 0.3) is 5.56 Å². The van der Waals surface area contributed by atoms with Crippen molar-refractivity contribution in [3.8, 4) is 11.1 Å². The predicted octanol–water partition coefficient (Wildman–Crippen LogP) is 3.64. The first-order valence-corrected chi connectivity index (χ1v) is 15.9. The number of para-hydroxylation sites is 1. The number of hydrogen-bond acceptors (Lipinski definition) is 9. The highest BCUT2D eigenvalue weighted by Gasteiger charge is 2.27. The number of nitrogens with two attached hydrogens (primary N) is 1. The molecule has 1 saturated heterocycles. The molecular formula is C29H42N8O5S. The lowest BCUT2D eigenvalue weighted by Gasteiger charge is -2.33. The lowest BCUT2D eigenvalue weighted by atomic mass is 9.94. The Labute approximate surface area is 252 Å². The monoisotopic (exact) mass is 614 g/mol. The molecule has 4 rings (SSSR count). The van der Waals surface area contributed by atoms with E-state index in [1.165, 1.54) is 11.6 Å². The zero-order chi connectivity index (χ0) is 31.5. The van der Waals surface area contributed by atoms with E-state index in [2.05, 4.69) is 20.0 Å². The maximum atomic E-state index is 13.4. The summed E-state index contributed by atoms with van der Waals surface area (Å²) in [5, 5.41) is 3.89. The van der Waals surface area contributed by atoms with Gasteiger partial charge in [0, 0.05) is 57.4 Å². The summed E-state index contributed by atoms with van der Waals surface area (Å²) in [5.74, 6) is 0.879. The Bertz CT molecular complexity index is 1640. The normalized spacial score (nSPS) is 14.7. The van der Waals surface area contributed by atoms with E-state index in [0.717, 1.165) is 23.6 Å². The molecule has 0 atom stereocenters. The SMILES string of the molecule is CCN(C)S(=O)(=O)Nc1cccc(-c2cc3cnc(NCCC4CCN(C(=O)OC(C)(C)C)CC4)nc3n(C)c2=O)c1N. The molecule has 2 aromatic heterocycles. The highest BCUT2D eigenvalue weighted by atomic mass is 32.2. The van der Waals surface area contributed by atoms with Crippen molar-refractivity contribution >= 4 is 44.7 Å². The summed E-state index contributed by atoms with van der Waals surface area (Å²) >= 11 is 0. The highest BCUT2D eigenvalue weighted by Crippen LogP contribution is 2.32. The average Bonchev–Trinajstić information content (AvgIpc) is 2.95. The quantitative estimate of drug-likeness (QED) is 0.305. The molecule has 0 unspecified atom stereocenters. The topological polar surface area (TPSA) is 165 Å². The molecule has 3 heterocycles. The predicted molar refractivity (Wildman–Crippen MR) is 169 cm³/mol. The first-order chi connectivity index (χ1) is 20.2. The first kappa shape index (κ1) is 32.0. The van der Waals surface area contributed by atoms with Crippen LogP contribution in [0.4, 0.5) is 22.1 Å². The Balaban J connectivity index is 1.44. The van der Waals surface area contributed by atoms with E-state index in [-0.39, 0.29) is 29.6 Å². The van der Waals surface area contributed by atoms with Gasteiger partial charge in [0.05, 0.1) is 16.9 Å². The summed E-state index contributed by atoms with van der Waals surface area (Å²) in [4.78, 5) is 36.5. The van der Waals surface area contributed by atoms with Crippen molar-refractivity contribution < 1.29 is 17.9 Å². The van der Waals surface area contributed by atoms with Crippen LogP contribution in [0.3, 0.4) is 0 Å². The number of nitrogens with one attached hydrogen (secondary N) is 2. The molecule has 0 saturated carbocycles. The average molecular weight is 615 g/mol. The summed E-state index contributed by atoms with van der Waals surface area (Å²) < 4.78 is 35.7. The molecule has 1 aromatic carbocycles. The van der Waals surface area contributed by atoms with Gasteiger partial charge in [0.15, 0.2) is 0 Å². The summed E-state index contributed by atoms with van der Waals surface area (Å²) in [6.45, 7) is 9.61. The van der Waals surface area contributed by atoms with Crippen LogP contribution in [0, 0.1) is 5.92 Å². The van der Waals surface area contributed by atoms with Crippen LogP contribution in [0.15, 0.2) is 35.3 Å². The van der Waals surface area contributed by atoms with Crippen LogP contribution < -0.4 is 21.3 Å². The molecule has 1 aliphatic rings. The Hall–Kier alpha value is -3.91. The first-order valence-electron chi connectivity index (χ1n) is 14.4. The number of aryl methyl sites for hydroxylation is 1. The third-order valence-corrected chi connectivity index (χ3v) is 9.10. The Morgan fingerprint density at radius 1 is 1.21 bits per heavy atom. The van der Waals surface area contributed by atoms with Crippen LogP contribution in [-0.2, 0) is 22.0 Å². The third-order valence-electron chi connectivity index (χ3n) is 7.54. The Morgan fingerprint density at radius 3 is 2.56 bits per heavy atom. The van der Waals surface area contributed by atoms with E-state index >= 15 is 0 Å². The summed E-state index contributed by atoms with van der Waals surface area (Å²) in [5.41, 5.74) is 7.01. The molecule has 0 bridgehead atoms. The molecular weight excluding hydrogens is 572 g/mol. The van der Waals surface area contributed by atoms with Gasteiger partial charge in [-0.2, -0.15) is 17.7 Å². The van der Waals surface area contributed by atoms with Gasteiger partial charge in [-0.3, -0.25) is 14.1 Å². The largest absolute Gasteiger partial charge is 0.444 e. The molecule has 234 valence electrons. The van der Waals surface area contributed by atoms with Crippen molar-refractivity contribution in [1.29, 1.82) is 0 Å². The van der Waals surface area contributed by atoms with E-state index in [1.807, 2.05) is 20.8 Å². The van der Waals surface area contributed by atoms with Gasteiger partial charge >= 0.3 is 16.3 Å². The number of carbonyl (C=O) groups excluding carboxylic acids is 1. The zero-order valence-electron chi connectivity index (χ0n) is 25.7. The number of nitrogen functional groups attached to an aromatic ring is 1. The number of benzene rings is 1. The molecule has 14 heteroatoms. The Morgan fingerprint density at radius 2 is 1.91 bits per heavy atom. The minimum Gasteiger partial charge on any atom is -0.444 e. The van der Waals surface area contributed by atoms with Crippen LogP contribution in [0.25, 0.3) is 22.2 Å². The fraction of sp³-hybridized carbons (Fsp3) is 0.517. The van der Waals surface area contributed by atoms with Crippen molar-refractivity contribution in [1.82, 2.24) is 23.7 Å². The maximum absolute atomic E-state index is 13.4. The molecule has 1 amide bonds. The number of aromatic nitrogens is 3. The van der Waals surface area contributed by atoms with Gasteiger partial charge in [-0.05, 0) is 58.1 Å². The second kappa shape index (κ2) is 12.8. The fourth-order valence-electron chi connectivity index (χ4n) is 4.92. The van der Waals surface area contributed by atoms with E-state index in [4.69, 9.17) is 10.5 Å². The number of nitrogens with zero attached hydrogens (tertiary/aromatic N) is 5. The minimum absolute atomic E-state index is 0.142. The van der Waals surface area contributed by atoms with Crippen molar-refractivity contribution in [3.63, 3.8) is 0 Å². The van der Waals surface area contributed by atoms with Gasteiger partial charge in [-0.15, -0.1) is 0 Å². The van der Waals surface area contributed by atoms with Gasteiger partial charge in [-0.25, -0.2) is 9.78 Å². The van der Waals surface area contributed by atoms with Gasteiger partial charge in [0.2, 0.25) is 5.95 Å². The van der Waals surface area contributed by atoms with E-state index in [9.17, 15) is 18.0 Å². The number of fused-ring (bicyclic) bond motifs is 1. The second-order valence-electron chi connectivity index (χ2n) is 11.8. The van der Waals surface area contributed by atoms with Crippen molar-refractivity contribution in [2.45, 2.75) is 52.6 Å². The Kier molecular flexibility index (Phi) is 9.50. The van der Waals surface area contributed by atoms with Crippen molar-refractivity contribution in [2.24, 2.45) is 13.0 Å². The van der Waals surface area contributed by atoms with E-state index in [0.29, 0.717) is 53.7 Å². The molecule has 13 nitrogen and oxygen atoms in total. The standard InChI is InChI=1S/C29H42N8O5S/c1-7-35(5)43(40,41)34-23-10-8-9-21(24(23)30)22-17-20-18-32-27(33-25(20)36(6)26(22)38)31-14-11-19-12-15-37(16-13-19)28(39)42-29(2,3)4/h8-10,17-19,34H,7,11-16,30H2,1-6H3,(H,31,32,33). The van der Waals surface area contributed by atoms with Crippen LogP contribution in [-0.4, -0.2) is 77.1 Å². The number of rotatable bonds is 9. The number of anilines is 3. The molecule has 1 fully saturated rings. The molecule has 0 spiro atoms. The van der Waals surface area contributed by atoms with Crippen LogP contribution in [0.5, 0.6) is 0 Å². The number of piperidine rings is 1. The molecule has 3 aromatic rings. The van der Waals surface area contributed by atoms with Crippen molar-refractivity contribution in [3.05, 3.63) is 40.8 Å². The highest BCUT2D eigenvalue weighted by molar-refractivity contribution is 7.90. The molecule has 0 radical (unpaired) electrons. The number of ether oxygens (including phenoxy) is 1. The lowest BCUT2D eigenvalue weighted by Crippen LogP contribution is -2.41. The van der Waals surface area contributed by atoms with Gasteiger partial charge in [-0.1, -0.05) is 19.1 Å². The summed E-state index contributed by atoms with van der Waals surface area (Å²) in [6, 6.07) is 6.54. The number of likely N-dealkylation sites (tertiary alicyclic amines) is 1. The van der Waals surface area contributed by atoms with Crippen LogP contribution in [0.1, 0.15) is 47.0 Å². The summed E-state index contributed by atoms with van der Waals surface area (Å²) in [6.07, 6.45) is 4.08. The summed E-state index contributed by atoms with van der Waals surface area (Å²) in [7, 11) is -0.710. The third kappa shape index (κ3) is 7.54. The van der Waals surface area contributed by atoms with Gasteiger partial charge < -0.3 is 20.7 Å². The molecule has 0 aliphatic carbocycles. The maximum Gasteiger partial charge on any atom is 0.410 e. The number of amides is 1. The number of hydrogen-bond donors (Lipinski definition) is 3. The fourth-order valence-corrected chi connectivity index (χ4v) is 5.87. The van der Waals surface area contributed by atoms with Crippen LogP contribution in [0.2, 0.25) is 0 Å². The minimum atomic E-state index is -3.80. The molecule has 4 N–H and O–H groups in total. The lowest BCUT2D eigenvalue weighted by molar-refractivity contribution is 0.0182. The molecule has 1 aliphatic heterocycles. The number of pyridine rings is 1. The van der Waals surface area contributed by atoms with E-state index in [1.54, 1.807) is 49.3 Å². The smallest absolute Gasteiger partial charge is 0.410 e. The molecule has 43 heavy (non-hydrogen) atoms. The van der Waals surface area contributed by atoms with E-state index < -0.39 is 15.8 Å².